The van der Waals surface area contributed by atoms with E-state index in [1.807, 2.05) is 6.92 Å². The lowest BCUT2D eigenvalue weighted by molar-refractivity contribution is -0.143. The third-order valence-electron chi connectivity index (χ3n) is 4.07. The fraction of sp³-hybridized carbons (Fsp3) is 0.500. The lowest BCUT2D eigenvalue weighted by atomic mass is 9.93. The van der Waals surface area contributed by atoms with Crippen LogP contribution in [0.25, 0.3) is 0 Å². The van der Waals surface area contributed by atoms with E-state index in [-0.39, 0.29) is 40.6 Å². The summed E-state index contributed by atoms with van der Waals surface area (Å²) in [7, 11) is 0. The van der Waals surface area contributed by atoms with E-state index in [2.05, 4.69) is 0 Å². The summed E-state index contributed by atoms with van der Waals surface area (Å²) in [5.74, 6) is -1.84. The van der Waals surface area contributed by atoms with Gasteiger partial charge in [-0.05, 0) is 38.8 Å². The van der Waals surface area contributed by atoms with Gasteiger partial charge in [-0.2, -0.15) is 0 Å². The predicted molar refractivity (Wildman–Crippen MR) is 85.1 cm³/mol. The van der Waals surface area contributed by atoms with Gasteiger partial charge in [0.2, 0.25) is 0 Å². The van der Waals surface area contributed by atoms with Crippen molar-refractivity contribution < 1.29 is 24.5 Å². The highest BCUT2D eigenvalue weighted by atomic mass is 35.5. The molecular weight excluding hydrogens is 322 g/mol. The predicted octanol–water partition coefficient (Wildman–Crippen LogP) is 2.77. The van der Waals surface area contributed by atoms with Crippen LogP contribution in [0.5, 0.6) is 11.5 Å². The molecule has 1 fully saturated rings. The molecule has 7 heteroatoms. The Kier molecular flexibility index (Phi) is 5.36. The highest BCUT2D eigenvalue weighted by Crippen LogP contribution is 2.36. The summed E-state index contributed by atoms with van der Waals surface area (Å²) in [6.45, 7) is 4.13. The minimum Gasteiger partial charge on any atom is -0.503 e. The maximum Gasteiger partial charge on any atom is 0.308 e. The van der Waals surface area contributed by atoms with Crippen molar-refractivity contribution in [3.05, 3.63) is 22.7 Å². The average molecular weight is 342 g/mol. The number of phenols is 1. The Bertz CT molecular complexity index is 619. The normalized spacial score (nSPS) is 21.1. The van der Waals surface area contributed by atoms with Crippen LogP contribution in [0.1, 0.15) is 37.0 Å². The molecule has 0 saturated carbocycles. The average Bonchev–Trinajstić information content (AvgIpc) is 2.51. The van der Waals surface area contributed by atoms with Gasteiger partial charge < -0.3 is 19.8 Å². The second-order valence-electron chi connectivity index (χ2n) is 5.66. The van der Waals surface area contributed by atoms with Crippen LogP contribution in [0.3, 0.4) is 0 Å². The van der Waals surface area contributed by atoms with E-state index in [1.165, 1.54) is 12.1 Å². The lowest BCUT2D eigenvalue weighted by Crippen LogP contribution is -2.47. The first-order valence-electron chi connectivity index (χ1n) is 7.54. The number of carboxylic acids is 1. The summed E-state index contributed by atoms with van der Waals surface area (Å²) in [6, 6.07) is 2.75. The number of hydrogen-bond acceptors (Lipinski definition) is 4. The molecular formula is C16H20ClNO5. The van der Waals surface area contributed by atoms with Gasteiger partial charge in [-0.25, -0.2) is 0 Å². The molecule has 2 atom stereocenters. The van der Waals surface area contributed by atoms with Crippen LogP contribution in [0, 0.1) is 5.92 Å². The van der Waals surface area contributed by atoms with Crippen molar-refractivity contribution >= 4 is 23.5 Å². The smallest absolute Gasteiger partial charge is 0.308 e. The van der Waals surface area contributed by atoms with Crippen molar-refractivity contribution in [2.24, 2.45) is 5.92 Å². The topological polar surface area (TPSA) is 87.1 Å². The van der Waals surface area contributed by atoms with Crippen molar-refractivity contribution in [3.8, 4) is 11.5 Å². The Hall–Kier alpha value is -1.95. The highest BCUT2D eigenvalue weighted by molar-refractivity contribution is 6.32. The van der Waals surface area contributed by atoms with Gasteiger partial charge in [0.1, 0.15) is 0 Å². The van der Waals surface area contributed by atoms with Crippen LogP contribution < -0.4 is 4.74 Å². The monoisotopic (exact) mass is 341 g/mol. The van der Waals surface area contributed by atoms with Crippen LogP contribution >= 0.6 is 11.6 Å². The van der Waals surface area contributed by atoms with Gasteiger partial charge in [-0.3, -0.25) is 9.59 Å². The molecule has 1 amide bonds. The molecule has 6 nitrogen and oxygen atoms in total. The Morgan fingerprint density at radius 3 is 2.70 bits per heavy atom. The number of aliphatic carboxylic acids is 1. The van der Waals surface area contributed by atoms with Gasteiger partial charge in [0, 0.05) is 18.2 Å². The number of halogens is 1. The molecule has 0 spiro atoms. The summed E-state index contributed by atoms with van der Waals surface area (Å²) in [5.41, 5.74) is 0.272. The number of carbonyl (C=O) groups is 2. The second kappa shape index (κ2) is 7.08. The third-order valence-corrected chi connectivity index (χ3v) is 4.36. The molecule has 0 bridgehead atoms. The van der Waals surface area contributed by atoms with Crippen molar-refractivity contribution in [2.45, 2.75) is 32.7 Å². The van der Waals surface area contributed by atoms with Gasteiger partial charge in [0.15, 0.2) is 11.5 Å². The first kappa shape index (κ1) is 17.4. The summed E-state index contributed by atoms with van der Waals surface area (Å²) in [4.78, 5) is 25.5. The number of ether oxygens (including phenoxy) is 1. The molecule has 0 radical (unpaired) electrons. The van der Waals surface area contributed by atoms with Crippen LogP contribution in [0.4, 0.5) is 0 Å². The molecule has 2 N–H and O–H groups in total. The highest BCUT2D eigenvalue weighted by Gasteiger charge is 2.33. The summed E-state index contributed by atoms with van der Waals surface area (Å²) in [5, 5.41) is 19.1. The number of likely N-dealkylation sites (tertiary alicyclic amines) is 1. The maximum absolute atomic E-state index is 12.7. The zero-order chi connectivity index (χ0) is 17.1. The van der Waals surface area contributed by atoms with Gasteiger partial charge in [0.05, 0.1) is 17.5 Å². The van der Waals surface area contributed by atoms with Crippen molar-refractivity contribution in [1.29, 1.82) is 0 Å². The fourth-order valence-corrected chi connectivity index (χ4v) is 2.93. The number of piperidine rings is 1. The molecule has 23 heavy (non-hydrogen) atoms. The van der Waals surface area contributed by atoms with E-state index in [0.29, 0.717) is 19.4 Å². The first-order chi connectivity index (χ1) is 10.8. The molecule has 1 heterocycles. The number of benzene rings is 1. The molecule has 2 rings (SSSR count). The van der Waals surface area contributed by atoms with Crippen LogP contribution in [-0.4, -0.2) is 46.2 Å². The molecule has 0 aliphatic carbocycles. The first-order valence-corrected chi connectivity index (χ1v) is 7.92. The molecule has 1 aromatic carbocycles. The van der Waals surface area contributed by atoms with Gasteiger partial charge in [-0.15, -0.1) is 0 Å². The Morgan fingerprint density at radius 1 is 1.39 bits per heavy atom. The number of nitrogens with zero attached hydrogens (tertiary/aromatic N) is 1. The minimum atomic E-state index is -0.895. The van der Waals surface area contributed by atoms with Crippen LogP contribution in [0.15, 0.2) is 12.1 Å². The molecule has 1 aliphatic heterocycles. The summed E-state index contributed by atoms with van der Waals surface area (Å²) >= 11 is 5.96. The van der Waals surface area contributed by atoms with Crippen LogP contribution in [0.2, 0.25) is 5.02 Å². The van der Waals surface area contributed by atoms with E-state index in [0.717, 1.165) is 0 Å². The largest absolute Gasteiger partial charge is 0.503 e. The van der Waals surface area contributed by atoms with Crippen molar-refractivity contribution in [3.63, 3.8) is 0 Å². The number of phenolic OH excluding ortho intramolecular Hbond substituents is 1. The summed E-state index contributed by atoms with van der Waals surface area (Å²) < 4.78 is 5.28. The van der Waals surface area contributed by atoms with E-state index in [1.54, 1.807) is 11.8 Å². The quantitative estimate of drug-likeness (QED) is 0.879. The molecule has 1 aromatic rings. The van der Waals surface area contributed by atoms with Gasteiger partial charge in [-0.1, -0.05) is 11.6 Å². The van der Waals surface area contributed by atoms with E-state index in [9.17, 15) is 19.8 Å². The maximum atomic E-state index is 12.7. The molecule has 2 unspecified atom stereocenters. The van der Waals surface area contributed by atoms with Crippen molar-refractivity contribution in [2.75, 3.05) is 13.2 Å². The number of amides is 1. The Labute approximate surface area is 139 Å². The number of rotatable bonds is 4. The second-order valence-corrected chi connectivity index (χ2v) is 6.06. The number of aromatic hydroxyl groups is 1. The molecule has 0 aromatic heterocycles. The van der Waals surface area contributed by atoms with E-state index in [4.69, 9.17) is 16.3 Å². The van der Waals surface area contributed by atoms with E-state index < -0.39 is 11.9 Å². The number of carboxylic acid groups (broad SMARTS) is 1. The molecule has 126 valence electrons. The standard InChI is InChI=1S/C16H20ClNO5/c1-3-23-13-7-11(6-12(17)14(13)19)15(20)18-8-10(16(21)22)5-4-9(18)2/h6-7,9-10,19H,3-5,8H2,1-2H3,(H,21,22). The minimum absolute atomic E-state index is 0.0266. The van der Waals surface area contributed by atoms with E-state index >= 15 is 0 Å². The van der Waals surface area contributed by atoms with Crippen molar-refractivity contribution in [1.82, 2.24) is 4.90 Å². The summed E-state index contributed by atoms with van der Waals surface area (Å²) in [6.07, 6.45) is 1.19. The number of carbonyl (C=O) groups excluding carboxylic acids is 1. The fourth-order valence-electron chi connectivity index (χ4n) is 2.72. The zero-order valence-corrected chi connectivity index (χ0v) is 13.8. The van der Waals surface area contributed by atoms with Gasteiger partial charge >= 0.3 is 5.97 Å². The van der Waals surface area contributed by atoms with Crippen LogP contribution in [-0.2, 0) is 4.79 Å². The lowest BCUT2D eigenvalue weighted by Gasteiger charge is -2.36. The van der Waals surface area contributed by atoms with Gasteiger partial charge in [0.25, 0.3) is 5.91 Å². The zero-order valence-electron chi connectivity index (χ0n) is 13.1. The molecule has 1 saturated heterocycles. The molecule has 1 aliphatic rings. The third kappa shape index (κ3) is 3.69. The Morgan fingerprint density at radius 2 is 2.09 bits per heavy atom. The number of hydrogen-bond donors (Lipinski definition) is 2. The Balaban J connectivity index is 2.30. The SMILES string of the molecule is CCOc1cc(C(=O)N2CC(C(=O)O)CCC2C)cc(Cl)c1O.